The van der Waals surface area contributed by atoms with Crippen molar-refractivity contribution in [3.63, 3.8) is 0 Å². The first kappa shape index (κ1) is 20.6. The highest BCUT2D eigenvalue weighted by Gasteiger charge is 2.31. The number of rotatable bonds is 5. The van der Waals surface area contributed by atoms with Gasteiger partial charge in [-0.25, -0.2) is 22.3 Å². The van der Waals surface area contributed by atoms with Gasteiger partial charge in [-0.15, -0.1) is 0 Å². The van der Waals surface area contributed by atoms with Crippen LogP contribution in [0, 0.1) is 5.82 Å². The average Bonchev–Trinajstić information content (AvgIpc) is 2.51. The van der Waals surface area contributed by atoms with Gasteiger partial charge in [-0.3, -0.25) is 0 Å². The highest BCUT2D eigenvalue weighted by Crippen LogP contribution is 2.20. The number of sulfonamides is 1. The molecular weight excluding hydrogens is 359 g/mol. The molecule has 1 heterocycles. The number of hydrogen-bond donors (Lipinski definition) is 1. The monoisotopic (exact) mass is 386 g/mol. The molecule has 8 heteroatoms. The Bertz CT molecular complexity index is 731. The Morgan fingerprint density at radius 2 is 2.08 bits per heavy atom. The summed E-state index contributed by atoms with van der Waals surface area (Å²) in [4.78, 5) is 14.0. The van der Waals surface area contributed by atoms with E-state index in [1.165, 1.54) is 18.2 Å². The lowest BCUT2D eigenvalue weighted by Crippen LogP contribution is -2.50. The Kier molecular flexibility index (Phi) is 6.63. The maximum Gasteiger partial charge on any atom is 0.410 e. The zero-order chi connectivity index (χ0) is 19.4. The van der Waals surface area contributed by atoms with Gasteiger partial charge in [0, 0.05) is 19.1 Å². The van der Waals surface area contributed by atoms with Gasteiger partial charge in [-0.05, 0) is 57.7 Å². The predicted molar refractivity (Wildman–Crippen MR) is 97.6 cm³/mol. The van der Waals surface area contributed by atoms with Gasteiger partial charge in [0.05, 0.1) is 5.75 Å². The molecule has 0 spiro atoms. The summed E-state index contributed by atoms with van der Waals surface area (Å²) in [6.45, 7) is 6.06. The van der Waals surface area contributed by atoms with Crippen molar-refractivity contribution in [2.45, 2.75) is 57.4 Å². The van der Waals surface area contributed by atoms with E-state index in [4.69, 9.17) is 4.74 Å². The van der Waals surface area contributed by atoms with E-state index in [0.717, 1.165) is 12.8 Å². The fourth-order valence-corrected chi connectivity index (χ4v) is 4.06. The Hall–Kier alpha value is -1.67. The van der Waals surface area contributed by atoms with Gasteiger partial charge in [0.25, 0.3) is 0 Å². The van der Waals surface area contributed by atoms with Gasteiger partial charge in [0.15, 0.2) is 0 Å². The number of piperidine rings is 1. The number of carbonyl (C=O) groups is 1. The third kappa shape index (κ3) is 6.57. The molecule has 6 nitrogen and oxygen atoms in total. The smallest absolute Gasteiger partial charge is 0.410 e. The second kappa shape index (κ2) is 8.35. The van der Waals surface area contributed by atoms with Crippen LogP contribution in [0.15, 0.2) is 24.3 Å². The third-order valence-electron chi connectivity index (χ3n) is 4.04. The lowest BCUT2D eigenvalue weighted by Gasteiger charge is -2.36. The number of hydrogen-bond acceptors (Lipinski definition) is 4. The van der Waals surface area contributed by atoms with Crippen molar-refractivity contribution in [3.05, 3.63) is 35.6 Å². The van der Waals surface area contributed by atoms with Crippen LogP contribution in [0.4, 0.5) is 9.18 Å². The summed E-state index contributed by atoms with van der Waals surface area (Å²) < 4.78 is 45.8. The van der Waals surface area contributed by atoms with Crippen LogP contribution in [0.2, 0.25) is 0 Å². The Morgan fingerprint density at radius 3 is 2.73 bits per heavy atom. The molecule has 2 rings (SSSR count). The summed E-state index contributed by atoms with van der Waals surface area (Å²) >= 11 is 0. The van der Waals surface area contributed by atoms with Gasteiger partial charge in [0.1, 0.15) is 11.4 Å². The first-order valence-electron chi connectivity index (χ1n) is 8.77. The van der Waals surface area contributed by atoms with Crippen LogP contribution in [0.5, 0.6) is 0 Å². The molecule has 1 fully saturated rings. The molecular formula is C18H27FN2O4S. The molecule has 0 saturated carbocycles. The predicted octanol–water partition coefficient (Wildman–Crippen LogP) is 3.03. The van der Waals surface area contributed by atoms with Crippen LogP contribution in [-0.4, -0.2) is 44.1 Å². The van der Waals surface area contributed by atoms with Gasteiger partial charge >= 0.3 is 6.09 Å². The molecule has 1 unspecified atom stereocenters. The summed E-state index contributed by atoms with van der Waals surface area (Å²) in [6.07, 6.45) is 2.08. The maximum atomic E-state index is 13.2. The van der Waals surface area contributed by atoms with Crippen molar-refractivity contribution in [1.82, 2.24) is 9.62 Å². The normalized spacial score (nSPS) is 18.6. The average molecular weight is 386 g/mol. The largest absolute Gasteiger partial charge is 0.444 e. The highest BCUT2D eigenvalue weighted by atomic mass is 32.2. The van der Waals surface area contributed by atoms with Crippen molar-refractivity contribution in [3.8, 4) is 0 Å². The molecule has 26 heavy (non-hydrogen) atoms. The topological polar surface area (TPSA) is 75.7 Å². The number of likely N-dealkylation sites (tertiary alicyclic amines) is 1. The molecule has 1 aliphatic heterocycles. The maximum absolute atomic E-state index is 13.2. The molecule has 0 radical (unpaired) electrons. The standard InChI is InChI=1S/C18H27FN2O4S/c1-18(2,3)25-17(22)21-10-5-4-9-16(21)12-20-26(23,24)13-14-7-6-8-15(19)11-14/h6-8,11,16,20H,4-5,9-10,12-13H2,1-3H3. The van der Waals surface area contributed by atoms with E-state index < -0.39 is 27.5 Å². The number of carbonyl (C=O) groups excluding carboxylic acids is 1. The van der Waals surface area contributed by atoms with Crippen LogP contribution >= 0.6 is 0 Å². The SMILES string of the molecule is CC(C)(C)OC(=O)N1CCCCC1CNS(=O)(=O)Cc1cccc(F)c1. The molecule has 0 aliphatic carbocycles. The van der Waals surface area contributed by atoms with Crippen molar-refractivity contribution in [1.29, 1.82) is 0 Å². The van der Waals surface area contributed by atoms with E-state index in [1.54, 1.807) is 31.7 Å². The zero-order valence-electron chi connectivity index (χ0n) is 15.5. The van der Waals surface area contributed by atoms with Crippen molar-refractivity contribution >= 4 is 16.1 Å². The number of benzene rings is 1. The van der Waals surface area contributed by atoms with Gasteiger partial charge in [-0.2, -0.15) is 0 Å². The van der Waals surface area contributed by atoms with Crippen LogP contribution in [-0.2, 0) is 20.5 Å². The van der Waals surface area contributed by atoms with E-state index in [1.807, 2.05) is 0 Å². The number of nitrogens with zero attached hydrogens (tertiary/aromatic N) is 1. The van der Waals surface area contributed by atoms with E-state index in [0.29, 0.717) is 18.5 Å². The first-order chi connectivity index (χ1) is 12.1. The van der Waals surface area contributed by atoms with Gasteiger partial charge < -0.3 is 9.64 Å². The number of nitrogens with one attached hydrogen (secondary N) is 1. The highest BCUT2D eigenvalue weighted by molar-refractivity contribution is 7.88. The van der Waals surface area contributed by atoms with Gasteiger partial charge in [0.2, 0.25) is 10.0 Å². The molecule has 1 saturated heterocycles. The van der Waals surface area contributed by atoms with Gasteiger partial charge in [-0.1, -0.05) is 12.1 Å². The summed E-state index contributed by atoms with van der Waals surface area (Å²) in [5.74, 6) is -0.773. The molecule has 1 N–H and O–H groups in total. The second-order valence-electron chi connectivity index (χ2n) is 7.56. The second-order valence-corrected chi connectivity index (χ2v) is 9.37. The van der Waals surface area contributed by atoms with E-state index in [9.17, 15) is 17.6 Å². The van der Waals surface area contributed by atoms with Crippen LogP contribution in [0.25, 0.3) is 0 Å². The molecule has 146 valence electrons. The fourth-order valence-electron chi connectivity index (χ4n) is 2.89. The number of ether oxygens (including phenoxy) is 1. The Balaban J connectivity index is 1.97. The quantitative estimate of drug-likeness (QED) is 0.844. The molecule has 1 aliphatic rings. The molecule has 1 aromatic rings. The van der Waals surface area contributed by atoms with Crippen molar-refractivity contribution < 1.29 is 22.3 Å². The Labute approximate surface area is 154 Å². The van der Waals surface area contributed by atoms with E-state index in [2.05, 4.69) is 4.72 Å². The number of amides is 1. The summed E-state index contributed by atoms with van der Waals surface area (Å²) in [5, 5.41) is 0. The third-order valence-corrected chi connectivity index (χ3v) is 5.36. The first-order valence-corrected chi connectivity index (χ1v) is 10.4. The zero-order valence-corrected chi connectivity index (χ0v) is 16.3. The van der Waals surface area contributed by atoms with Crippen molar-refractivity contribution in [2.75, 3.05) is 13.1 Å². The minimum atomic E-state index is -3.63. The van der Waals surface area contributed by atoms with Crippen molar-refractivity contribution in [2.24, 2.45) is 0 Å². The van der Waals surface area contributed by atoms with E-state index in [-0.39, 0.29) is 18.3 Å². The van der Waals surface area contributed by atoms with Crippen LogP contribution in [0.3, 0.4) is 0 Å². The van der Waals surface area contributed by atoms with E-state index >= 15 is 0 Å². The Morgan fingerprint density at radius 1 is 1.35 bits per heavy atom. The molecule has 0 bridgehead atoms. The lowest BCUT2D eigenvalue weighted by molar-refractivity contribution is 0.0105. The molecule has 1 aromatic carbocycles. The van der Waals surface area contributed by atoms with Crippen LogP contribution < -0.4 is 4.72 Å². The number of halogens is 1. The molecule has 1 atom stereocenters. The van der Waals surface area contributed by atoms with Crippen LogP contribution in [0.1, 0.15) is 45.6 Å². The molecule has 0 aromatic heterocycles. The fraction of sp³-hybridized carbons (Fsp3) is 0.611. The summed E-state index contributed by atoms with van der Waals surface area (Å²) in [6, 6.07) is 5.26. The summed E-state index contributed by atoms with van der Waals surface area (Å²) in [7, 11) is -3.63. The lowest BCUT2D eigenvalue weighted by atomic mass is 10.0. The minimum Gasteiger partial charge on any atom is -0.444 e. The minimum absolute atomic E-state index is 0.122. The molecule has 1 amide bonds. The summed E-state index contributed by atoms with van der Waals surface area (Å²) in [5.41, 5.74) is -0.221.